The molecule has 7 nitrogen and oxygen atoms in total. The predicted octanol–water partition coefficient (Wildman–Crippen LogP) is 3.93. The summed E-state index contributed by atoms with van der Waals surface area (Å²) in [4.78, 5) is 12.8. The Bertz CT molecular complexity index is 1390. The lowest BCUT2D eigenvalue weighted by Gasteiger charge is -2.15. The van der Waals surface area contributed by atoms with Gasteiger partial charge in [0.15, 0.2) is 11.2 Å². The minimum absolute atomic E-state index is 0.0211. The van der Waals surface area contributed by atoms with Crippen LogP contribution in [0.2, 0.25) is 0 Å². The standard InChI is InChI=1S/C24H18N4O3/c1-2-31-24(30)21-18-13-17(15-9-5-3-6-10-15)19(14-25)22(29)20(18)23(26)28(27-21)16-11-7-4-8-12-16/h3-13,26,29H,2H2,1H3. The molecule has 1 aromatic heterocycles. The van der Waals surface area contributed by atoms with Gasteiger partial charge in [0.05, 0.1) is 17.7 Å². The first-order chi connectivity index (χ1) is 15.1. The Hall–Kier alpha value is -4.44. The monoisotopic (exact) mass is 410 g/mol. The number of benzene rings is 3. The molecular formula is C24H18N4O3. The Kier molecular flexibility index (Phi) is 5.21. The summed E-state index contributed by atoms with van der Waals surface area (Å²) in [6, 6.07) is 21.5. The lowest BCUT2D eigenvalue weighted by Crippen LogP contribution is -2.25. The molecule has 0 saturated carbocycles. The van der Waals surface area contributed by atoms with Crippen LogP contribution in [0.15, 0.2) is 66.7 Å². The fourth-order valence-corrected chi connectivity index (χ4v) is 3.47. The number of ether oxygens (including phenoxy) is 1. The van der Waals surface area contributed by atoms with Crippen molar-refractivity contribution in [1.29, 1.82) is 10.7 Å². The van der Waals surface area contributed by atoms with Gasteiger partial charge >= 0.3 is 5.97 Å². The molecule has 4 rings (SSSR count). The van der Waals surface area contributed by atoms with Crippen LogP contribution in [0.5, 0.6) is 5.75 Å². The SMILES string of the molecule is CCOC(=O)c1nn(-c2ccccc2)c(=N)c2c(O)c(C#N)c(-c3ccccc3)cc12. The van der Waals surface area contributed by atoms with E-state index in [9.17, 15) is 15.2 Å². The van der Waals surface area contributed by atoms with Crippen LogP contribution in [0.4, 0.5) is 0 Å². The Morgan fingerprint density at radius 3 is 2.42 bits per heavy atom. The molecule has 0 unspecified atom stereocenters. The number of carbonyl (C=O) groups excluding carboxylic acids is 1. The third-order valence-electron chi connectivity index (χ3n) is 4.87. The van der Waals surface area contributed by atoms with Gasteiger partial charge in [-0.05, 0) is 30.7 Å². The molecule has 4 aromatic rings. The fraction of sp³-hybridized carbons (Fsp3) is 0.0833. The molecule has 0 atom stereocenters. The quantitative estimate of drug-likeness (QED) is 0.495. The number of nitriles is 1. The number of para-hydroxylation sites is 1. The van der Waals surface area contributed by atoms with E-state index in [1.165, 1.54) is 4.68 Å². The maximum Gasteiger partial charge on any atom is 0.359 e. The summed E-state index contributed by atoms with van der Waals surface area (Å²) in [5, 5.41) is 34.2. The molecule has 2 N–H and O–H groups in total. The molecular weight excluding hydrogens is 392 g/mol. The second-order valence-electron chi connectivity index (χ2n) is 6.71. The maximum atomic E-state index is 12.8. The van der Waals surface area contributed by atoms with Crippen molar-refractivity contribution in [3.8, 4) is 28.6 Å². The summed E-state index contributed by atoms with van der Waals surface area (Å²) in [5.74, 6) is -1.05. The summed E-state index contributed by atoms with van der Waals surface area (Å²) < 4.78 is 6.43. The van der Waals surface area contributed by atoms with E-state index in [4.69, 9.17) is 10.1 Å². The van der Waals surface area contributed by atoms with Gasteiger partial charge in [-0.25, -0.2) is 9.48 Å². The number of esters is 1. The molecule has 0 spiro atoms. The highest BCUT2D eigenvalue weighted by Crippen LogP contribution is 2.36. The smallest absolute Gasteiger partial charge is 0.359 e. The molecule has 0 aliphatic carbocycles. The van der Waals surface area contributed by atoms with Gasteiger partial charge < -0.3 is 9.84 Å². The number of phenolic OH excluding ortho intramolecular Hbond substituents is 1. The first-order valence-corrected chi connectivity index (χ1v) is 9.62. The van der Waals surface area contributed by atoms with Crippen molar-refractivity contribution in [1.82, 2.24) is 9.78 Å². The van der Waals surface area contributed by atoms with Crippen molar-refractivity contribution >= 4 is 16.7 Å². The predicted molar refractivity (Wildman–Crippen MR) is 115 cm³/mol. The zero-order chi connectivity index (χ0) is 22.0. The summed E-state index contributed by atoms with van der Waals surface area (Å²) in [7, 11) is 0. The summed E-state index contributed by atoms with van der Waals surface area (Å²) in [6.07, 6.45) is 0. The second kappa shape index (κ2) is 8.13. The zero-order valence-corrected chi connectivity index (χ0v) is 16.7. The number of hydrogen-bond acceptors (Lipinski definition) is 6. The molecule has 7 heteroatoms. The molecule has 0 saturated heterocycles. The van der Waals surface area contributed by atoms with Crippen LogP contribution in [0, 0.1) is 16.7 Å². The summed E-state index contributed by atoms with van der Waals surface area (Å²) >= 11 is 0. The van der Waals surface area contributed by atoms with E-state index in [-0.39, 0.29) is 39.9 Å². The Balaban J connectivity index is 2.16. The van der Waals surface area contributed by atoms with Gasteiger partial charge in [-0.2, -0.15) is 10.4 Å². The number of fused-ring (bicyclic) bond motifs is 1. The van der Waals surface area contributed by atoms with E-state index in [0.717, 1.165) is 0 Å². The third kappa shape index (κ3) is 3.40. The van der Waals surface area contributed by atoms with Gasteiger partial charge in [0.25, 0.3) is 0 Å². The van der Waals surface area contributed by atoms with Crippen molar-refractivity contribution < 1.29 is 14.6 Å². The van der Waals surface area contributed by atoms with Gasteiger partial charge in [0.1, 0.15) is 17.4 Å². The highest BCUT2D eigenvalue weighted by atomic mass is 16.5. The molecule has 152 valence electrons. The number of phenols is 1. The van der Waals surface area contributed by atoms with Crippen LogP contribution in [-0.2, 0) is 4.74 Å². The third-order valence-corrected chi connectivity index (χ3v) is 4.87. The average molecular weight is 410 g/mol. The number of rotatable bonds is 4. The van der Waals surface area contributed by atoms with Crippen LogP contribution < -0.4 is 5.49 Å². The molecule has 1 heterocycles. The number of aromatic nitrogens is 2. The van der Waals surface area contributed by atoms with Crippen LogP contribution in [0.25, 0.3) is 27.6 Å². The average Bonchev–Trinajstić information content (AvgIpc) is 2.80. The highest BCUT2D eigenvalue weighted by molar-refractivity contribution is 6.06. The van der Waals surface area contributed by atoms with Gasteiger partial charge in [-0.15, -0.1) is 0 Å². The number of hydrogen-bond donors (Lipinski definition) is 2. The van der Waals surface area contributed by atoms with Gasteiger partial charge in [0.2, 0.25) is 0 Å². The largest absolute Gasteiger partial charge is 0.506 e. The van der Waals surface area contributed by atoms with Crippen molar-refractivity contribution in [2.24, 2.45) is 0 Å². The van der Waals surface area contributed by atoms with E-state index < -0.39 is 5.97 Å². The second-order valence-corrected chi connectivity index (χ2v) is 6.71. The van der Waals surface area contributed by atoms with Gasteiger partial charge in [-0.3, -0.25) is 5.41 Å². The number of carbonyl (C=O) groups is 1. The van der Waals surface area contributed by atoms with Crippen LogP contribution in [0.1, 0.15) is 23.0 Å². The van der Waals surface area contributed by atoms with Crippen molar-refractivity contribution in [2.45, 2.75) is 6.92 Å². The topological polar surface area (TPSA) is 112 Å². The fourth-order valence-electron chi connectivity index (χ4n) is 3.47. The molecule has 3 aromatic carbocycles. The minimum atomic E-state index is -0.680. The molecule has 0 fully saturated rings. The van der Waals surface area contributed by atoms with Gasteiger partial charge in [0, 0.05) is 10.9 Å². The molecule has 31 heavy (non-hydrogen) atoms. The van der Waals surface area contributed by atoms with Crippen LogP contribution >= 0.6 is 0 Å². The van der Waals surface area contributed by atoms with Crippen molar-refractivity contribution in [3.05, 3.63) is 83.5 Å². The van der Waals surface area contributed by atoms with Crippen molar-refractivity contribution in [2.75, 3.05) is 6.61 Å². The summed E-state index contributed by atoms with van der Waals surface area (Å²) in [6.45, 7) is 1.83. The van der Waals surface area contributed by atoms with E-state index in [1.807, 2.05) is 30.3 Å². The zero-order valence-electron chi connectivity index (χ0n) is 16.7. The van der Waals surface area contributed by atoms with E-state index in [2.05, 4.69) is 5.10 Å². The summed E-state index contributed by atoms with van der Waals surface area (Å²) in [5.41, 5.74) is 1.49. The van der Waals surface area contributed by atoms with E-state index in [0.29, 0.717) is 16.8 Å². The Labute approximate surface area is 177 Å². The molecule has 0 amide bonds. The Morgan fingerprint density at radius 1 is 1.16 bits per heavy atom. The lowest BCUT2D eigenvalue weighted by atomic mass is 9.95. The minimum Gasteiger partial charge on any atom is -0.506 e. The molecule has 0 aliphatic heterocycles. The number of nitrogens with one attached hydrogen (secondary N) is 1. The molecule has 0 aliphatic rings. The van der Waals surface area contributed by atoms with Crippen molar-refractivity contribution in [3.63, 3.8) is 0 Å². The number of nitrogens with zero attached hydrogens (tertiary/aromatic N) is 3. The van der Waals surface area contributed by atoms with Crippen LogP contribution in [-0.4, -0.2) is 27.5 Å². The van der Waals surface area contributed by atoms with Gasteiger partial charge in [-0.1, -0.05) is 48.5 Å². The Morgan fingerprint density at radius 2 is 1.81 bits per heavy atom. The lowest BCUT2D eigenvalue weighted by molar-refractivity contribution is 0.0520. The first kappa shape index (κ1) is 19.9. The normalized spacial score (nSPS) is 10.6. The first-order valence-electron chi connectivity index (χ1n) is 9.62. The van der Waals surface area contributed by atoms with E-state index in [1.54, 1.807) is 49.4 Å². The van der Waals surface area contributed by atoms with E-state index >= 15 is 0 Å². The molecule has 0 bridgehead atoms. The number of aromatic hydroxyl groups is 1. The highest BCUT2D eigenvalue weighted by Gasteiger charge is 2.23. The maximum absolute atomic E-state index is 12.8. The molecule has 0 radical (unpaired) electrons. The van der Waals surface area contributed by atoms with Crippen LogP contribution in [0.3, 0.4) is 0 Å².